The zero-order valence-corrected chi connectivity index (χ0v) is 8.20. The molecular weight excluding hydrogens is 188 g/mol. The van der Waals surface area contributed by atoms with E-state index in [1.165, 1.54) is 0 Å². The maximum absolute atomic E-state index is 10.8. The van der Waals surface area contributed by atoms with Gasteiger partial charge in [0, 0.05) is 0 Å². The summed E-state index contributed by atoms with van der Waals surface area (Å²) in [6, 6.07) is 0. The third-order valence-electron chi connectivity index (χ3n) is 0.752. The van der Waals surface area contributed by atoms with Gasteiger partial charge in [-0.2, -0.15) is 12.0 Å². The summed E-state index contributed by atoms with van der Waals surface area (Å²) in [6.45, 7) is 3.95. The summed E-state index contributed by atoms with van der Waals surface area (Å²) >= 11 is 0.512. The van der Waals surface area contributed by atoms with E-state index >= 15 is 0 Å². The molecule has 0 unspecified atom stereocenters. The molecule has 0 saturated heterocycles. The molecule has 0 rings (SSSR count). The first-order valence-corrected chi connectivity index (χ1v) is 5.57. The van der Waals surface area contributed by atoms with Crippen LogP contribution < -0.4 is 0 Å². The van der Waals surface area contributed by atoms with Crippen LogP contribution in [0.1, 0.15) is 20.3 Å². The van der Waals surface area contributed by atoms with Crippen LogP contribution in [0, 0.1) is 0 Å². The van der Waals surface area contributed by atoms with Crippen LogP contribution in [0.25, 0.3) is 0 Å². The van der Waals surface area contributed by atoms with Crippen molar-refractivity contribution in [3.05, 3.63) is 0 Å². The van der Waals surface area contributed by atoms with Crippen LogP contribution in [0.15, 0.2) is 0 Å². The third-order valence-corrected chi connectivity index (χ3v) is 3.04. The molecule has 0 aliphatic heterocycles. The fourth-order valence-corrected chi connectivity index (χ4v) is 1.76. The highest BCUT2D eigenvalue weighted by Crippen LogP contribution is 2.10. The predicted octanol–water partition coefficient (Wildman–Crippen LogP) is 1.34. The number of hydrogen-bond acceptors (Lipinski definition) is 5. The van der Waals surface area contributed by atoms with Crippen molar-refractivity contribution < 1.29 is 16.2 Å². The Morgan fingerprint density at radius 3 is 2.45 bits per heavy atom. The molecule has 0 aliphatic carbocycles. The van der Waals surface area contributed by atoms with Crippen LogP contribution in [0.2, 0.25) is 0 Å². The van der Waals surface area contributed by atoms with Gasteiger partial charge in [-0.15, -0.1) is 0 Å². The Morgan fingerprint density at radius 1 is 1.36 bits per heavy atom. The summed E-state index contributed by atoms with van der Waals surface area (Å²) < 4.78 is 30.6. The van der Waals surface area contributed by atoms with Crippen molar-refractivity contribution in [2.24, 2.45) is 0 Å². The van der Waals surface area contributed by atoms with Gasteiger partial charge in [-0.25, -0.2) is 0 Å². The van der Waals surface area contributed by atoms with Crippen LogP contribution in [0.3, 0.4) is 0 Å². The Labute approximate surface area is 71.8 Å². The number of rotatable bonds is 6. The van der Waals surface area contributed by atoms with Crippen molar-refractivity contribution in [2.45, 2.75) is 20.3 Å². The monoisotopic (exact) mass is 200 g/mol. The van der Waals surface area contributed by atoms with E-state index in [1.54, 1.807) is 13.8 Å². The van der Waals surface area contributed by atoms with E-state index in [2.05, 4.69) is 7.81 Å². The fourth-order valence-electron chi connectivity index (χ4n) is 0.394. The second kappa shape index (κ2) is 5.82. The van der Waals surface area contributed by atoms with Gasteiger partial charge in [-0.1, -0.05) is 6.92 Å². The van der Waals surface area contributed by atoms with E-state index in [1.807, 2.05) is 0 Å². The summed E-state index contributed by atoms with van der Waals surface area (Å²) in [5.41, 5.74) is 0. The Kier molecular flexibility index (Phi) is 5.93. The van der Waals surface area contributed by atoms with Gasteiger partial charge in [0.1, 0.15) is 0 Å². The van der Waals surface area contributed by atoms with Gasteiger partial charge in [0.2, 0.25) is 0 Å². The quantitative estimate of drug-likeness (QED) is 0.478. The second-order valence-corrected chi connectivity index (χ2v) is 4.24. The molecule has 0 heterocycles. The molecule has 0 bridgehead atoms. The summed E-state index contributed by atoms with van der Waals surface area (Å²) in [5.74, 6) is 0.0348. The summed E-state index contributed by atoms with van der Waals surface area (Å²) in [6.07, 6.45) is 0.551. The van der Waals surface area contributed by atoms with Crippen LogP contribution in [-0.2, 0) is 17.9 Å². The molecule has 0 spiro atoms. The fraction of sp³-hybridized carbons (Fsp3) is 1.00. The number of hydrogen-bond donors (Lipinski definition) is 0. The van der Waals surface area contributed by atoms with Gasteiger partial charge in [0.25, 0.3) is 10.1 Å². The van der Waals surface area contributed by atoms with Crippen molar-refractivity contribution in [1.29, 1.82) is 0 Å². The molecule has 0 fully saturated rings. The largest absolute Gasteiger partial charge is 0.291 e. The first kappa shape index (κ1) is 11.2. The first-order chi connectivity index (χ1) is 5.12. The molecule has 68 valence electrons. The van der Waals surface area contributed by atoms with Gasteiger partial charge in [0.05, 0.1) is 12.4 Å². The lowest BCUT2D eigenvalue weighted by molar-refractivity contribution is 0.368. The maximum atomic E-state index is 10.8. The molecule has 11 heavy (non-hydrogen) atoms. The van der Waals surface area contributed by atoms with E-state index in [4.69, 9.17) is 0 Å². The highest BCUT2D eigenvalue weighted by molar-refractivity contribution is 8.01. The summed E-state index contributed by atoms with van der Waals surface area (Å²) in [5, 5.41) is 0. The van der Waals surface area contributed by atoms with Crippen molar-refractivity contribution in [1.82, 2.24) is 0 Å². The zero-order chi connectivity index (χ0) is 8.74. The average molecular weight is 200 g/mol. The molecule has 6 heteroatoms. The predicted molar refractivity (Wildman–Crippen MR) is 44.4 cm³/mol. The average Bonchev–Trinajstić information content (AvgIpc) is 1.87. The van der Waals surface area contributed by atoms with Gasteiger partial charge < -0.3 is 0 Å². The van der Waals surface area contributed by atoms with Gasteiger partial charge in [-0.3, -0.25) is 4.18 Å². The standard InChI is InChI=1S/C5H12O4S2/c1-3-5-11(6,7)9-10-8-4-2/h3-5H2,1-2H3. The Hall–Kier alpha value is 0.220. The molecule has 0 atom stereocenters. The van der Waals surface area contributed by atoms with Crippen LogP contribution in [-0.4, -0.2) is 20.8 Å². The van der Waals surface area contributed by atoms with Crippen LogP contribution in [0.4, 0.5) is 0 Å². The minimum absolute atomic E-state index is 0.0348. The molecule has 0 aliphatic rings. The molecule has 0 N–H and O–H groups in total. The normalized spacial score (nSPS) is 11.8. The highest BCUT2D eigenvalue weighted by Gasteiger charge is 2.09. The van der Waals surface area contributed by atoms with Crippen molar-refractivity contribution in [3.63, 3.8) is 0 Å². The van der Waals surface area contributed by atoms with Crippen LogP contribution >= 0.6 is 12.3 Å². The summed E-state index contributed by atoms with van der Waals surface area (Å²) in [7, 11) is -3.37. The Bertz CT molecular complexity index is 175. The third kappa shape index (κ3) is 6.61. The SMILES string of the molecule is CCCS(=O)(=O)OSOCC. The molecule has 0 radical (unpaired) electrons. The van der Waals surface area contributed by atoms with E-state index in [0.29, 0.717) is 25.4 Å². The van der Waals surface area contributed by atoms with E-state index in [-0.39, 0.29) is 5.75 Å². The second-order valence-electron chi connectivity index (χ2n) is 1.80. The molecule has 0 aromatic heterocycles. The lowest BCUT2D eigenvalue weighted by Gasteiger charge is -1.99. The van der Waals surface area contributed by atoms with E-state index in [9.17, 15) is 8.42 Å². The van der Waals surface area contributed by atoms with E-state index < -0.39 is 10.1 Å². The Balaban J connectivity index is 3.56. The van der Waals surface area contributed by atoms with Crippen molar-refractivity contribution >= 4 is 22.4 Å². The molecule has 4 nitrogen and oxygen atoms in total. The van der Waals surface area contributed by atoms with Crippen LogP contribution in [0.5, 0.6) is 0 Å². The van der Waals surface area contributed by atoms with Gasteiger partial charge >= 0.3 is 0 Å². The maximum Gasteiger partial charge on any atom is 0.280 e. The van der Waals surface area contributed by atoms with Gasteiger partial charge in [-0.05, 0) is 13.3 Å². The zero-order valence-electron chi connectivity index (χ0n) is 6.57. The molecular formula is C5H12O4S2. The smallest absolute Gasteiger partial charge is 0.280 e. The summed E-state index contributed by atoms with van der Waals surface area (Å²) in [4.78, 5) is 0. The minimum Gasteiger partial charge on any atom is -0.291 e. The lowest BCUT2D eigenvalue weighted by atomic mass is 10.6. The highest BCUT2D eigenvalue weighted by atomic mass is 32.3. The van der Waals surface area contributed by atoms with Crippen molar-refractivity contribution in [2.75, 3.05) is 12.4 Å². The topological polar surface area (TPSA) is 52.6 Å². The lowest BCUT2D eigenvalue weighted by Crippen LogP contribution is -2.05. The van der Waals surface area contributed by atoms with E-state index in [0.717, 1.165) is 0 Å². The first-order valence-electron chi connectivity index (χ1n) is 3.32. The van der Waals surface area contributed by atoms with Gasteiger partial charge in [0.15, 0.2) is 12.3 Å². The Morgan fingerprint density at radius 2 is 2.00 bits per heavy atom. The molecule has 0 amide bonds. The molecule has 0 saturated carbocycles. The molecule has 0 aromatic carbocycles. The minimum atomic E-state index is -3.37. The molecule has 0 aromatic rings. The van der Waals surface area contributed by atoms with Crippen molar-refractivity contribution in [3.8, 4) is 0 Å².